The Morgan fingerprint density at radius 1 is 1.56 bits per heavy atom. The van der Waals surface area contributed by atoms with E-state index in [2.05, 4.69) is 42.9 Å². The van der Waals surface area contributed by atoms with Crippen molar-refractivity contribution in [2.45, 2.75) is 45.8 Å². The zero-order chi connectivity index (χ0) is 13.2. The summed E-state index contributed by atoms with van der Waals surface area (Å²) in [5.41, 5.74) is 2.52. The average molecular weight is 251 g/mol. The minimum absolute atomic E-state index is 0.0509. The molecule has 1 fully saturated rings. The third-order valence-electron chi connectivity index (χ3n) is 3.74. The quantitative estimate of drug-likeness (QED) is 0.893. The van der Waals surface area contributed by atoms with E-state index in [1.54, 1.807) is 0 Å². The van der Waals surface area contributed by atoms with Gasteiger partial charge in [0.1, 0.15) is 0 Å². The third kappa shape index (κ3) is 3.56. The van der Waals surface area contributed by atoms with Crippen LogP contribution in [0.2, 0.25) is 0 Å². The Labute approximate surface area is 110 Å². The van der Waals surface area contributed by atoms with Crippen LogP contribution in [0.25, 0.3) is 0 Å². The summed E-state index contributed by atoms with van der Waals surface area (Å²) in [7, 11) is 2.19. The molecular weight excluding hydrogens is 226 g/mol. The van der Waals surface area contributed by atoms with Gasteiger partial charge in [0.15, 0.2) is 0 Å². The molecule has 1 aliphatic heterocycles. The lowest BCUT2D eigenvalue weighted by molar-refractivity contribution is -0.0761. The molecule has 0 saturated carbocycles. The summed E-state index contributed by atoms with van der Waals surface area (Å²) >= 11 is 0. The van der Waals surface area contributed by atoms with Gasteiger partial charge >= 0.3 is 0 Å². The molecule has 4 heteroatoms. The van der Waals surface area contributed by atoms with Crippen molar-refractivity contribution in [1.29, 1.82) is 0 Å². The predicted molar refractivity (Wildman–Crippen MR) is 72.4 cm³/mol. The number of aryl methyl sites for hydroxylation is 1. The number of nitrogens with one attached hydrogen (secondary N) is 1. The van der Waals surface area contributed by atoms with Gasteiger partial charge in [-0.15, -0.1) is 0 Å². The number of rotatable bonds is 4. The summed E-state index contributed by atoms with van der Waals surface area (Å²) in [4.78, 5) is 2.39. The van der Waals surface area contributed by atoms with Crippen molar-refractivity contribution in [2.24, 2.45) is 5.92 Å². The fourth-order valence-electron chi connectivity index (χ4n) is 2.85. The van der Waals surface area contributed by atoms with E-state index in [4.69, 9.17) is 4.74 Å². The summed E-state index contributed by atoms with van der Waals surface area (Å²) in [5, 5.41) is 7.07. The SMILES string of the molecule is Cc1[nH]ncc1CN(C)CC1CCOC(C)(C)C1. The fraction of sp³-hybridized carbons (Fsp3) is 0.786. The Morgan fingerprint density at radius 3 is 2.94 bits per heavy atom. The van der Waals surface area contributed by atoms with Crippen molar-refractivity contribution in [1.82, 2.24) is 15.1 Å². The highest BCUT2D eigenvalue weighted by Crippen LogP contribution is 2.29. The zero-order valence-electron chi connectivity index (χ0n) is 12.0. The maximum atomic E-state index is 5.77. The first-order valence-corrected chi connectivity index (χ1v) is 6.77. The normalized spacial score (nSPS) is 23.5. The largest absolute Gasteiger partial charge is 0.376 e. The summed E-state index contributed by atoms with van der Waals surface area (Å²) in [5.74, 6) is 0.742. The van der Waals surface area contributed by atoms with Crippen LogP contribution in [0.15, 0.2) is 6.20 Å². The first-order chi connectivity index (χ1) is 8.46. The first kappa shape index (κ1) is 13.6. The average Bonchev–Trinajstić information content (AvgIpc) is 2.62. The molecule has 1 unspecified atom stereocenters. The molecule has 102 valence electrons. The van der Waals surface area contributed by atoms with Crippen molar-refractivity contribution in [3.8, 4) is 0 Å². The maximum Gasteiger partial charge on any atom is 0.0629 e. The maximum absolute atomic E-state index is 5.77. The van der Waals surface area contributed by atoms with Gasteiger partial charge in [0.05, 0.1) is 11.8 Å². The Kier molecular flexibility index (Phi) is 4.07. The summed E-state index contributed by atoms with van der Waals surface area (Å²) in [6, 6.07) is 0. The fourth-order valence-corrected chi connectivity index (χ4v) is 2.85. The van der Waals surface area contributed by atoms with Gasteiger partial charge in [-0.05, 0) is 46.6 Å². The lowest BCUT2D eigenvalue weighted by Crippen LogP contribution is -2.38. The predicted octanol–water partition coefficient (Wildman–Crippen LogP) is 2.36. The Hall–Kier alpha value is -0.870. The number of ether oxygens (including phenoxy) is 1. The van der Waals surface area contributed by atoms with Crippen molar-refractivity contribution in [2.75, 3.05) is 20.2 Å². The molecule has 0 amide bonds. The van der Waals surface area contributed by atoms with Gasteiger partial charge in [0.25, 0.3) is 0 Å². The number of aromatic nitrogens is 2. The highest BCUT2D eigenvalue weighted by atomic mass is 16.5. The van der Waals surface area contributed by atoms with Crippen LogP contribution in [0.4, 0.5) is 0 Å². The topological polar surface area (TPSA) is 41.2 Å². The zero-order valence-corrected chi connectivity index (χ0v) is 12.0. The van der Waals surface area contributed by atoms with Crippen molar-refractivity contribution in [3.05, 3.63) is 17.5 Å². The van der Waals surface area contributed by atoms with Crippen LogP contribution in [-0.4, -0.2) is 40.9 Å². The van der Waals surface area contributed by atoms with Gasteiger partial charge in [-0.2, -0.15) is 5.10 Å². The van der Waals surface area contributed by atoms with Gasteiger partial charge in [-0.3, -0.25) is 5.10 Å². The van der Waals surface area contributed by atoms with E-state index in [1.807, 2.05) is 6.20 Å². The molecule has 4 nitrogen and oxygen atoms in total. The molecule has 1 aliphatic rings. The third-order valence-corrected chi connectivity index (χ3v) is 3.74. The van der Waals surface area contributed by atoms with E-state index >= 15 is 0 Å². The van der Waals surface area contributed by atoms with Crippen LogP contribution in [0.5, 0.6) is 0 Å². The second-order valence-corrected chi connectivity index (χ2v) is 6.18. The first-order valence-electron chi connectivity index (χ1n) is 6.77. The van der Waals surface area contributed by atoms with Gasteiger partial charge in [0, 0.05) is 31.0 Å². The smallest absolute Gasteiger partial charge is 0.0629 e. The monoisotopic (exact) mass is 251 g/mol. The van der Waals surface area contributed by atoms with E-state index in [0.29, 0.717) is 0 Å². The molecule has 1 N–H and O–H groups in total. The minimum Gasteiger partial charge on any atom is -0.376 e. The van der Waals surface area contributed by atoms with Gasteiger partial charge in [-0.25, -0.2) is 0 Å². The number of H-pyrrole nitrogens is 1. The molecule has 2 heterocycles. The van der Waals surface area contributed by atoms with E-state index in [1.165, 1.54) is 17.7 Å². The molecule has 1 aromatic heterocycles. The van der Waals surface area contributed by atoms with E-state index < -0.39 is 0 Å². The van der Waals surface area contributed by atoms with Crippen LogP contribution in [0.3, 0.4) is 0 Å². The Morgan fingerprint density at radius 2 is 2.33 bits per heavy atom. The lowest BCUT2D eigenvalue weighted by atomic mass is 9.88. The van der Waals surface area contributed by atoms with E-state index in [-0.39, 0.29) is 5.60 Å². The highest BCUT2D eigenvalue weighted by Gasteiger charge is 2.29. The molecule has 2 rings (SSSR count). The van der Waals surface area contributed by atoms with E-state index in [9.17, 15) is 0 Å². The van der Waals surface area contributed by atoms with Crippen molar-refractivity contribution in [3.63, 3.8) is 0 Å². The molecule has 1 aromatic rings. The molecule has 18 heavy (non-hydrogen) atoms. The Bertz CT molecular complexity index is 386. The van der Waals surface area contributed by atoms with Crippen LogP contribution in [-0.2, 0) is 11.3 Å². The van der Waals surface area contributed by atoms with Crippen molar-refractivity contribution < 1.29 is 4.74 Å². The molecule has 0 aromatic carbocycles. The number of hydrogen-bond donors (Lipinski definition) is 1. The lowest BCUT2D eigenvalue weighted by Gasteiger charge is -2.37. The molecule has 1 saturated heterocycles. The second kappa shape index (κ2) is 5.41. The van der Waals surface area contributed by atoms with Gasteiger partial charge in [-0.1, -0.05) is 0 Å². The number of nitrogens with zero attached hydrogens (tertiary/aromatic N) is 2. The van der Waals surface area contributed by atoms with Gasteiger partial charge in [0.2, 0.25) is 0 Å². The number of aromatic amines is 1. The summed E-state index contributed by atoms with van der Waals surface area (Å²) < 4.78 is 5.77. The van der Waals surface area contributed by atoms with Gasteiger partial charge < -0.3 is 9.64 Å². The molecule has 1 atom stereocenters. The van der Waals surface area contributed by atoms with Crippen LogP contribution < -0.4 is 0 Å². The standard InChI is InChI=1S/C14H25N3O/c1-11-13(8-15-16-11)10-17(4)9-12-5-6-18-14(2,3)7-12/h8,12H,5-7,9-10H2,1-4H3,(H,15,16). The van der Waals surface area contributed by atoms with E-state index in [0.717, 1.165) is 32.0 Å². The molecule has 0 aliphatic carbocycles. The summed E-state index contributed by atoms with van der Waals surface area (Å²) in [6.07, 6.45) is 4.26. The highest BCUT2D eigenvalue weighted by molar-refractivity contribution is 5.13. The van der Waals surface area contributed by atoms with Crippen LogP contribution >= 0.6 is 0 Å². The second-order valence-electron chi connectivity index (χ2n) is 6.18. The molecule has 0 spiro atoms. The Balaban J connectivity index is 1.84. The summed E-state index contributed by atoms with van der Waals surface area (Å²) in [6.45, 7) is 9.47. The molecular formula is C14H25N3O. The van der Waals surface area contributed by atoms with Crippen molar-refractivity contribution >= 4 is 0 Å². The molecule has 0 bridgehead atoms. The molecule has 0 radical (unpaired) electrons. The van der Waals surface area contributed by atoms with Crippen LogP contribution in [0.1, 0.15) is 37.9 Å². The van der Waals surface area contributed by atoms with Crippen LogP contribution in [0, 0.1) is 12.8 Å². The number of hydrogen-bond acceptors (Lipinski definition) is 3. The minimum atomic E-state index is 0.0509.